The molecule has 8 nitrogen and oxygen atoms in total. The molecule has 3 aromatic heterocycles. The molecule has 3 heterocycles. The van der Waals surface area contributed by atoms with Gasteiger partial charge in [0.15, 0.2) is 0 Å². The Bertz CT molecular complexity index is 1100. The van der Waals surface area contributed by atoms with E-state index in [0.717, 1.165) is 46.3 Å². The zero-order chi connectivity index (χ0) is 20.9. The minimum absolute atomic E-state index is 0.0432. The second kappa shape index (κ2) is 8.87. The molecule has 1 aliphatic rings. The molecular formula is C22H24N6O2. The van der Waals surface area contributed by atoms with Gasteiger partial charge in [0, 0.05) is 41.6 Å². The molecule has 4 rings (SSSR count). The summed E-state index contributed by atoms with van der Waals surface area (Å²) >= 11 is 0. The van der Waals surface area contributed by atoms with Crippen LogP contribution in [0.1, 0.15) is 30.4 Å². The average Bonchev–Trinajstić information content (AvgIpc) is 3.21. The highest BCUT2D eigenvalue weighted by Gasteiger charge is 2.16. The van der Waals surface area contributed by atoms with Crippen LogP contribution < -0.4 is 10.6 Å². The summed E-state index contributed by atoms with van der Waals surface area (Å²) in [5.74, 6) is -0.167. The van der Waals surface area contributed by atoms with Crippen LogP contribution in [-0.2, 0) is 0 Å². The van der Waals surface area contributed by atoms with Crippen molar-refractivity contribution in [2.45, 2.75) is 25.8 Å². The third-order valence-corrected chi connectivity index (χ3v) is 5.01. The van der Waals surface area contributed by atoms with Crippen molar-refractivity contribution in [3.8, 4) is 11.1 Å². The number of hydrogen-bond donors (Lipinski definition) is 4. The standard InChI is InChI=1S/C22H24N6O2/c1-14(15-5-3-2-4-6-15)28-22(30)21-24-10-16(11-25-21)19-13-27-20-18(19)9-17(12-26-20)23-7-8-29/h3,5-6,9-14,23,29H,2,4,7-8H2,1H3,(H,26,27)(H,28,30)/t14-/m0/s1. The number of aromatic nitrogens is 4. The maximum Gasteiger partial charge on any atom is 0.289 e. The monoisotopic (exact) mass is 404 g/mol. The Labute approximate surface area is 174 Å². The van der Waals surface area contributed by atoms with Crippen molar-refractivity contribution in [1.29, 1.82) is 0 Å². The molecule has 0 unspecified atom stereocenters. The third-order valence-electron chi connectivity index (χ3n) is 5.01. The van der Waals surface area contributed by atoms with Crippen LogP contribution in [-0.4, -0.2) is 50.1 Å². The van der Waals surface area contributed by atoms with E-state index in [0.29, 0.717) is 6.54 Å². The van der Waals surface area contributed by atoms with Gasteiger partial charge in [0.1, 0.15) is 5.65 Å². The lowest BCUT2D eigenvalue weighted by molar-refractivity contribution is 0.0935. The number of carbonyl (C=O) groups is 1. The lowest BCUT2D eigenvalue weighted by Crippen LogP contribution is -2.34. The van der Waals surface area contributed by atoms with Gasteiger partial charge in [0.05, 0.1) is 24.5 Å². The molecule has 0 aliphatic heterocycles. The van der Waals surface area contributed by atoms with Crippen molar-refractivity contribution >= 4 is 22.6 Å². The average molecular weight is 404 g/mol. The van der Waals surface area contributed by atoms with Gasteiger partial charge in [-0.05, 0) is 31.4 Å². The van der Waals surface area contributed by atoms with Gasteiger partial charge in [-0.1, -0.05) is 18.2 Å². The Morgan fingerprint density at radius 2 is 2.07 bits per heavy atom. The van der Waals surface area contributed by atoms with Crippen LogP contribution in [0.2, 0.25) is 0 Å². The van der Waals surface area contributed by atoms with Crippen LogP contribution >= 0.6 is 0 Å². The fourth-order valence-corrected chi connectivity index (χ4v) is 3.42. The molecule has 154 valence electrons. The first kappa shape index (κ1) is 19.8. The number of rotatable bonds is 7. The van der Waals surface area contributed by atoms with Gasteiger partial charge in [-0.3, -0.25) is 4.79 Å². The van der Waals surface area contributed by atoms with Gasteiger partial charge in [-0.15, -0.1) is 0 Å². The molecule has 8 heteroatoms. The Morgan fingerprint density at radius 1 is 1.23 bits per heavy atom. The number of nitrogens with one attached hydrogen (secondary N) is 3. The zero-order valence-corrected chi connectivity index (χ0v) is 16.7. The zero-order valence-electron chi connectivity index (χ0n) is 16.7. The largest absolute Gasteiger partial charge is 0.395 e. The van der Waals surface area contributed by atoms with Gasteiger partial charge >= 0.3 is 0 Å². The molecule has 3 aromatic rings. The number of aromatic amines is 1. The van der Waals surface area contributed by atoms with Crippen LogP contribution in [0.15, 0.2) is 54.7 Å². The van der Waals surface area contributed by atoms with Gasteiger partial charge < -0.3 is 20.7 Å². The van der Waals surface area contributed by atoms with Crippen LogP contribution in [0.25, 0.3) is 22.2 Å². The predicted octanol–water partition coefficient (Wildman–Crippen LogP) is 2.82. The number of hydrogen-bond acceptors (Lipinski definition) is 6. The predicted molar refractivity (Wildman–Crippen MR) is 116 cm³/mol. The smallest absolute Gasteiger partial charge is 0.289 e. The van der Waals surface area contributed by atoms with E-state index in [2.05, 4.69) is 42.7 Å². The molecule has 0 bridgehead atoms. The topological polar surface area (TPSA) is 116 Å². The van der Waals surface area contributed by atoms with Gasteiger partial charge in [-0.25, -0.2) is 15.0 Å². The summed E-state index contributed by atoms with van der Waals surface area (Å²) in [5, 5.41) is 15.9. The fraction of sp³-hybridized carbons (Fsp3) is 0.273. The Balaban J connectivity index is 1.51. The van der Waals surface area contributed by atoms with Crippen LogP contribution in [0.3, 0.4) is 0 Å². The highest BCUT2D eigenvalue weighted by atomic mass is 16.3. The van der Waals surface area contributed by atoms with Crippen molar-refractivity contribution in [2.75, 3.05) is 18.5 Å². The fourth-order valence-electron chi connectivity index (χ4n) is 3.42. The number of fused-ring (bicyclic) bond motifs is 1. The lowest BCUT2D eigenvalue weighted by atomic mass is 10.0. The molecule has 0 aromatic carbocycles. The number of amides is 1. The van der Waals surface area contributed by atoms with Crippen LogP contribution in [0, 0.1) is 0 Å². The molecule has 30 heavy (non-hydrogen) atoms. The summed E-state index contributed by atoms with van der Waals surface area (Å²) in [4.78, 5) is 28.6. The highest BCUT2D eigenvalue weighted by Crippen LogP contribution is 2.28. The second-order valence-electron chi connectivity index (χ2n) is 7.15. The number of pyridine rings is 1. The van der Waals surface area contributed by atoms with Gasteiger partial charge in [0.2, 0.25) is 5.82 Å². The van der Waals surface area contributed by atoms with Crippen LogP contribution in [0.4, 0.5) is 5.69 Å². The Morgan fingerprint density at radius 3 is 2.80 bits per heavy atom. The minimum Gasteiger partial charge on any atom is -0.395 e. The van der Waals surface area contributed by atoms with E-state index < -0.39 is 0 Å². The van der Waals surface area contributed by atoms with Gasteiger partial charge in [-0.2, -0.15) is 0 Å². The first-order valence-corrected chi connectivity index (χ1v) is 9.97. The van der Waals surface area contributed by atoms with Crippen LogP contribution in [0.5, 0.6) is 0 Å². The van der Waals surface area contributed by atoms with Crippen molar-refractivity contribution in [1.82, 2.24) is 25.3 Å². The quantitative estimate of drug-likeness (QED) is 0.481. The highest BCUT2D eigenvalue weighted by molar-refractivity contribution is 5.95. The first-order valence-electron chi connectivity index (χ1n) is 9.97. The normalized spacial score (nSPS) is 14.4. The van der Waals surface area contributed by atoms with Crippen molar-refractivity contribution in [3.63, 3.8) is 0 Å². The molecule has 0 saturated carbocycles. The Kier molecular flexibility index (Phi) is 5.85. The van der Waals surface area contributed by atoms with Crippen molar-refractivity contribution in [3.05, 3.63) is 60.5 Å². The lowest BCUT2D eigenvalue weighted by Gasteiger charge is -2.16. The van der Waals surface area contributed by atoms with E-state index in [9.17, 15) is 4.79 Å². The molecule has 4 N–H and O–H groups in total. The molecule has 0 spiro atoms. The number of aliphatic hydroxyl groups excluding tert-OH is 1. The molecule has 0 saturated heterocycles. The van der Waals surface area contributed by atoms with E-state index in [4.69, 9.17) is 5.11 Å². The number of aliphatic hydroxyl groups is 1. The summed E-state index contributed by atoms with van der Waals surface area (Å²) in [6.07, 6.45) is 15.2. The molecule has 0 fully saturated rings. The molecule has 0 radical (unpaired) electrons. The number of H-pyrrole nitrogens is 1. The number of carbonyl (C=O) groups excluding carboxylic acids is 1. The summed E-state index contributed by atoms with van der Waals surface area (Å²) in [5.41, 5.74) is 4.33. The molecule has 1 aliphatic carbocycles. The van der Waals surface area contributed by atoms with E-state index in [1.807, 2.05) is 25.3 Å². The molecular weight excluding hydrogens is 380 g/mol. The maximum atomic E-state index is 12.5. The van der Waals surface area contributed by atoms with Gasteiger partial charge in [0.25, 0.3) is 5.91 Å². The summed E-state index contributed by atoms with van der Waals surface area (Å²) in [6.45, 7) is 2.45. The minimum atomic E-state index is -0.301. The maximum absolute atomic E-state index is 12.5. The SMILES string of the molecule is C[C@H](NC(=O)c1ncc(-c2c[nH]c3ncc(NCCO)cc23)cn1)C1=CCCC=C1. The number of anilines is 1. The van der Waals surface area contributed by atoms with E-state index in [-0.39, 0.29) is 24.4 Å². The Hall–Kier alpha value is -3.52. The van der Waals surface area contributed by atoms with E-state index >= 15 is 0 Å². The summed E-state index contributed by atoms with van der Waals surface area (Å²) in [7, 11) is 0. The van der Waals surface area contributed by atoms with E-state index in [1.165, 1.54) is 0 Å². The summed E-state index contributed by atoms with van der Waals surface area (Å²) < 4.78 is 0. The third kappa shape index (κ3) is 4.23. The summed E-state index contributed by atoms with van der Waals surface area (Å²) in [6, 6.07) is 1.86. The van der Waals surface area contributed by atoms with Crippen molar-refractivity contribution < 1.29 is 9.90 Å². The van der Waals surface area contributed by atoms with E-state index in [1.54, 1.807) is 18.6 Å². The number of nitrogens with zero attached hydrogens (tertiary/aromatic N) is 3. The molecule has 1 amide bonds. The second-order valence-corrected chi connectivity index (χ2v) is 7.15. The molecule has 1 atom stereocenters. The first-order chi connectivity index (χ1) is 14.7. The van der Waals surface area contributed by atoms with Crippen molar-refractivity contribution in [2.24, 2.45) is 0 Å². The number of allylic oxidation sites excluding steroid dienone is 2.